The van der Waals surface area contributed by atoms with Crippen LogP contribution in [-0.2, 0) is 0 Å². The standard InChI is InChI=1S/C18H27NO2/c1-3-11-21-17-8-6-15(7-9-17)18(20)12-14(2)16-5-4-10-19-13-16/h6-9,14,16,19H,3-5,10-13H2,1-2H3. The number of rotatable bonds is 7. The minimum Gasteiger partial charge on any atom is -0.494 e. The maximum atomic E-state index is 12.4. The number of carbonyl (C=O) groups excluding carboxylic acids is 1. The maximum absolute atomic E-state index is 12.4. The SMILES string of the molecule is CCCOc1ccc(C(=O)CC(C)C2CCCNC2)cc1. The summed E-state index contributed by atoms with van der Waals surface area (Å²) in [5.74, 6) is 2.17. The van der Waals surface area contributed by atoms with Gasteiger partial charge in [0.2, 0.25) is 0 Å². The predicted octanol–water partition coefficient (Wildman–Crippen LogP) is 3.68. The van der Waals surface area contributed by atoms with Gasteiger partial charge in [-0.3, -0.25) is 4.79 Å². The lowest BCUT2D eigenvalue weighted by Gasteiger charge is -2.28. The number of hydrogen-bond donors (Lipinski definition) is 1. The molecule has 1 aromatic carbocycles. The predicted molar refractivity (Wildman–Crippen MR) is 85.9 cm³/mol. The van der Waals surface area contributed by atoms with Crippen molar-refractivity contribution in [1.82, 2.24) is 5.32 Å². The Hall–Kier alpha value is -1.35. The van der Waals surface area contributed by atoms with Crippen LogP contribution in [0.4, 0.5) is 0 Å². The second kappa shape index (κ2) is 8.18. The molecule has 21 heavy (non-hydrogen) atoms. The molecule has 2 rings (SSSR count). The van der Waals surface area contributed by atoms with Crippen molar-refractivity contribution in [2.75, 3.05) is 19.7 Å². The Morgan fingerprint density at radius 3 is 2.76 bits per heavy atom. The van der Waals surface area contributed by atoms with E-state index in [9.17, 15) is 4.79 Å². The molecule has 1 N–H and O–H groups in total. The van der Waals surface area contributed by atoms with Crippen LogP contribution in [-0.4, -0.2) is 25.5 Å². The van der Waals surface area contributed by atoms with Crippen LogP contribution in [0.5, 0.6) is 5.75 Å². The Balaban J connectivity index is 1.87. The Labute approximate surface area is 128 Å². The Bertz CT molecular complexity index is 435. The largest absolute Gasteiger partial charge is 0.494 e. The summed E-state index contributed by atoms with van der Waals surface area (Å²) in [5, 5.41) is 3.43. The molecule has 2 atom stereocenters. The highest BCUT2D eigenvalue weighted by Gasteiger charge is 2.22. The fourth-order valence-corrected chi connectivity index (χ4v) is 2.90. The molecule has 1 fully saturated rings. The zero-order valence-electron chi connectivity index (χ0n) is 13.2. The molecular weight excluding hydrogens is 262 g/mol. The smallest absolute Gasteiger partial charge is 0.163 e. The van der Waals surface area contributed by atoms with Crippen molar-refractivity contribution in [1.29, 1.82) is 0 Å². The lowest BCUT2D eigenvalue weighted by atomic mass is 9.83. The molecule has 1 aliphatic heterocycles. The number of carbonyl (C=O) groups is 1. The number of ether oxygens (including phenoxy) is 1. The topological polar surface area (TPSA) is 38.3 Å². The van der Waals surface area contributed by atoms with Crippen molar-refractivity contribution in [3.05, 3.63) is 29.8 Å². The first-order chi connectivity index (χ1) is 10.2. The molecule has 0 spiro atoms. The van der Waals surface area contributed by atoms with Crippen LogP contribution < -0.4 is 10.1 Å². The van der Waals surface area contributed by atoms with E-state index in [1.807, 2.05) is 24.3 Å². The fourth-order valence-electron chi connectivity index (χ4n) is 2.90. The molecular formula is C18H27NO2. The van der Waals surface area contributed by atoms with Crippen LogP contribution in [0.15, 0.2) is 24.3 Å². The molecule has 1 aromatic rings. The number of hydrogen-bond acceptors (Lipinski definition) is 3. The van der Waals surface area contributed by atoms with Crippen molar-refractivity contribution in [2.24, 2.45) is 11.8 Å². The first-order valence-electron chi connectivity index (χ1n) is 8.17. The molecule has 116 valence electrons. The van der Waals surface area contributed by atoms with Crippen molar-refractivity contribution in [3.63, 3.8) is 0 Å². The van der Waals surface area contributed by atoms with Crippen molar-refractivity contribution in [3.8, 4) is 5.75 Å². The molecule has 0 radical (unpaired) electrons. The number of piperidine rings is 1. The fraction of sp³-hybridized carbons (Fsp3) is 0.611. The minimum atomic E-state index is 0.245. The van der Waals surface area contributed by atoms with E-state index < -0.39 is 0 Å². The molecule has 0 aromatic heterocycles. The minimum absolute atomic E-state index is 0.245. The van der Waals surface area contributed by atoms with Crippen LogP contribution in [0.3, 0.4) is 0 Å². The van der Waals surface area contributed by atoms with Gasteiger partial charge >= 0.3 is 0 Å². The Morgan fingerprint density at radius 1 is 1.38 bits per heavy atom. The van der Waals surface area contributed by atoms with Gasteiger partial charge in [-0.05, 0) is 68.5 Å². The number of benzene rings is 1. The quantitative estimate of drug-likeness (QED) is 0.778. The van der Waals surface area contributed by atoms with Gasteiger partial charge < -0.3 is 10.1 Å². The molecule has 3 nitrogen and oxygen atoms in total. The third-order valence-corrected chi connectivity index (χ3v) is 4.30. The second-order valence-electron chi connectivity index (χ2n) is 6.08. The Kier molecular flexibility index (Phi) is 6.24. The van der Waals surface area contributed by atoms with E-state index in [1.54, 1.807) is 0 Å². The van der Waals surface area contributed by atoms with Gasteiger partial charge in [0.15, 0.2) is 5.78 Å². The third kappa shape index (κ3) is 4.85. The van der Waals surface area contributed by atoms with Crippen LogP contribution >= 0.6 is 0 Å². The molecule has 1 saturated heterocycles. The first-order valence-corrected chi connectivity index (χ1v) is 8.17. The average molecular weight is 289 g/mol. The van der Waals surface area contributed by atoms with Gasteiger partial charge in [-0.25, -0.2) is 0 Å². The summed E-state index contributed by atoms with van der Waals surface area (Å²) in [6.07, 6.45) is 4.10. The van der Waals surface area contributed by atoms with Crippen LogP contribution in [0, 0.1) is 11.8 Å². The van der Waals surface area contributed by atoms with E-state index in [4.69, 9.17) is 4.74 Å². The van der Waals surface area contributed by atoms with Crippen molar-refractivity contribution < 1.29 is 9.53 Å². The van der Waals surface area contributed by atoms with Crippen LogP contribution in [0.25, 0.3) is 0 Å². The molecule has 0 aliphatic carbocycles. The van der Waals surface area contributed by atoms with Gasteiger partial charge in [0.05, 0.1) is 6.61 Å². The van der Waals surface area contributed by atoms with E-state index >= 15 is 0 Å². The van der Waals surface area contributed by atoms with Gasteiger partial charge in [0, 0.05) is 12.0 Å². The second-order valence-corrected chi connectivity index (χ2v) is 6.08. The van der Waals surface area contributed by atoms with Gasteiger partial charge in [-0.1, -0.05) is 13.8 Å². The first kappa shape index (κ1) is 16.0. The monoisotopic (exact) mass is 289 g/mol. The summed E-state index contributed by atoms with van der Waals surface area (Å²) in [6, 6.07) is 7.57. The summed E-state index contributed by atoms with van der Waals surface area (Å²) >= 11 is 0. The average Bonchev–Trinajstić information content (AvgIpc) is 2.54. The zero-order valence-corrected chi connectivity index (χ0v) is 13.2. The summed E-state index contributed by atoms with van der Waals surface area (Å²) in [5.41, 5.74) is 0.800. The zero-order chi connectivity index (χ0) is 15.1. The highest BCUT2D eigenvalue weighted by Crippen LogP contribution is 2.24. The van der Waals surface area contributed by atoms with Crippen molar-refractivity contribution >= 4 is 5.78 Å². The molecule has 3 heteroatoms. The maximum Gasteiger partial charge on any atom is 0.163 e. The summed E-state index contributed by atoms with van der Waals surface area (Å²) < 4.78 is 5.55. The molecule has 0 saturated carbocycles. The molecule has 0 amide bonds. The van der Waals surface area contributed by atoms with Crippen LogP contribution in [0.1, 0.15) is 49.9 Å². The van der Waals surface area contributed by atoms with E-state index in [0.29, 0.717) is 18.3 Å². The number of ketones is 1. The van der Waals surface area contributed by atoms with E-state index in [2.05, 4.69) is 19.2 Å². The van der Waals surface area contributed by atoms with E-state index in [0.717, 1.165) is 37.4 Å². The Morgan fingerprint density at radius 2 is 2.14 bits per heavy atom. The van der Waals surface area contributed by atoms with Gasteiger partial charge in [-0.2, -0.15) is 0 Å². The molecule has 2 unspecified atom stereocenters. The molecule has 0 bridgehead atoms. The molecule has 1 heterocycles. The van der Waals surface area contributed by atoms with Crippen molar-refractivity contribution in [2.45, 2.75) is 39.5 Å². The summed E-state index contributed by atoms with van der Waals surface area (Å²) in [4.78, 5) is 12.4. The van der Waals surface area contributed by atoms with Crippen LogP contribution in [0.2, 0.25) is 0 Å². The normalized spacial score (nSPS) is 20.0. The highest BCUT2D eigenvalue weighted by molar-refractivity contribution is 5.96. The van der Waals surface area contributed by atoms with Gasteiger partial charge in [-0.15, -0.1) is 0 Å². The van der Waals surface area contributed by atoms with E-state index in [-0.39, 0.29) is 5.78 Å². The lowest BCUT2D eigenvalue weighted by molar-refractivity contribution is 0.0943. The lowest BCUT2D eigenvalue weighted by Crippen LogP contribution is -2.34. The number of nitrogens with one attached hydrogen (secondary N) is 1. The summed E-state index contributed by atoms with van der Waals surface area (Å²) in [6.45, 7) is 7.18. The van der Waals surface area contributed by atoms with Gasteiger partial charge in [0.25, 0.3) is 0 Å². The molecule has 1 aliphatic rings. The summed E-state index contributed by atoms with van der Waals surface area (Å²) in [7, 11) is 0. The number of Topliss-reactive ketones (excluding diaryl/α,β-unsaturated/α-hetero) is 1. The third-order valence-electron chi connectivity index (χ3n) is 4.30. The van der Waals surface area contributed by atoms with E-state index in [1.165, 1.54) is 12.8 Å². The highest BCUT2D eigenvalue weighted by atomic mass is 16.5. The van der Waals surface area contributed by atoms with Gasteiger partial charge in [0.1, 0.15) is 5.75 Å².